The number of nitrogens with one attached hydrogen (secondary N) is 1. The van der Waals surface area contributed by atoms with Crippen molar-refractivity contribution in [3.8, 4) is 0 Å². The first kappa shape index (κ1) is 13.5. The molecule has 0 aromatic carbocycles. The Morgan fingerprint density at radius 3 is 2.56 bits per heavy atom. The summed E-state index contributed by atoms with van der Waals surface area (Å²) in [4.78, 5) is 8.75. The highest BCUT2D eigenvalue weighted by molar-refractivity contribution is 7.99. The molecule has 0 amide bonds. The Morgan fingerprint density at radius 2 is 2.06 bits per heavy atom. The zero-order valence-electron chi connectivity index (χ0n) is 10.4. The molecule has 1 fully saturated rings. The van der Waals surface area contributed by atoms with Gasteiger partial charge in [-0.1, -0.05) is 12.2 Å². The van der Waals surface area contributed by atoms with Gasteiger partial charge in [0.15, 0.2) is 0 Å². The maximum absolute atomic E-state index is 5.48. The molecule has 1 aromatic rings. The second-order valence-corrected chi connectivity index (χ2v) is 6.08. The molecule has 1 heterocycles. The van der Waals surface area contributed by atoms with Crippen LogP contribution in [0.5, 0.6) is 0 Å². The van der Waals surface area contributed by atoms with Gasteiger partial charge >= 0.3 is 0 Å². The number of nitrogens with zero attached hydrogens (tertiary/aromatic N) is 2. The molecule has 4 nitrogen and oxygen atoms in total. The zero-order chi connectivity index (χ0) is 13.0. The lowest BCUT2D eigenvalue weighted by Crippen LogP contribution is -2.27. The second kappa shape index (κ2) is 6.33. The molecule has 0 radical (unpaired) electrons. The number of hydrogen-bond donors (Lipinski definition) is 2. The highest BCUT2D eigenvalue weighted by Crippen LogP contribution is 2.28. The summed E-state index contributed by atoms with van der Waals surface area (Å²) in [7, 11) is 0. The molecule has 98 valence electrons. The Morgan fingerprint density at radius 1 is 1.33 bits per heavy atom. The Balaban J connectivity index is 1.88. The van der Waals surface area contributed by atoms with Crippen molar-refractivity contribution in [2.75, 3.05) is 11.6 Å². The molecule has 1 saturated carbocycles. The molecular weight excluding hydrogens is 264 g/mol. The van der Waals surface area contributed by atoms with Gasteiger partial charge in [-0.05, 0) is 31.9 Å². The van der Waals surface area contributed by atoms with Gasteiger partial charge in [-0.25, -0.2) is 9.97 Å². The van der Waals surface area contributed by atoms with Crippen molar-refractivity contribution >= 4 is 34.8 Å². The van der Waals surface area contributed by atoms with Gasteiger partial charge in [0.1, 0.15) is 16.5 Å². The van der Waals surface area contributed by atoms with Crippen LogP contribution < -0.4 is 11.1 Å². The highest BCUT2D eigenvalue weighted by atomic mass is 32.2. The predicted octanol–water partition coefficient (Wildman–Crippen LogP) is 2.20. The van der Waals surface area contributed by atoms with Gasteiger partial charge in [0, 0.05) is 11.3 Å². The van der Waals surface area contributed by atoms with Crippen molar-refractivity contribution in [3.63, 3.8) is 0 Å². The first-order valence-electron chi connectivity index (χ1n) is 6.10. The minimum atomic E-state index is 0.287. The summed E-state index contributed by atoms with van der Waals surface area (Å²) in [6.45, 7) is 0. The van der Waals surface area contributed by atoms with Crippen molar-refractivity contribution < 1.29 is 0 Å². The van der Waals surface area contributed by atoms with E-state index in [-0.39, 0.29) is 4.99 Å². The number of anilines is 1. The standard InChI is InChI=1S/C12H18N4S2/c1-18-9-4-2-8(3-5-9)16-11-7-14-10(6-15-11)12(13)17/h6-9H,2-5H2,1H3,(H2,13,17)(H,15,16). The first-order chi connectivity index (χ1) is 8.69. The van der Waals surface area contributed by atoms with Gasteiger partial charge in [-0.15, -0.1) is 0 Å². The number of thiocarbonyl (C=S) groups is 1. The predicted molar refractivity (Wildman–Crippen MR) is 81.1 cm³/mol. The number of hydrogen-bond acceptors (Lipinski definition) is 5. The first-order valence-corrected chi connectivity index (χ1v) is 7.80. The topological polar surface area (TPSA) is 63.8 Å². The Labute approximate surface area is 117 Å². The Kier molecular flexibility index (Phi) is 4.77. The molecule has 0 saturated heterocycles. The van der Waals surface area contributed by atoms with Crippen LogP contribution in [0.2, 0.25) is 0 Å². The zero-order valence-corrected chi connectivity index (χ0v) is 12.1. The van der Waals surface area contributed by atoms with E-state index >= 15 is 0 Å². The Hall–Kier alpha value is -0.880. The highest BCUT2D eigenvalue weighted by Gasteiger charge is 2.20. The lowest BCUT2D eigenvalue weighted by Gasteiger charge is -2.28. The number of aromatic nitrogens is 2. The van der Waals surface area contributed by atoms with E-state index in [9.17, 15) is 0 Å². The van der Waals surface area contributed by atoms with E-state index in [1.165, 1.54) is 25.7 Å². The number of thioether (sulfide) groups is 1. The second-order valence-electron chi connectivity index (χ2n) is 4.50. The van der Waals surface area contributed by atoms with Gasteiger partial charge in [-0.3, -0.25) is 0 Å². The average Bonchev–Trinajstić information content (AvgIpc) is 2.40. The van der Waals surface area contributed by atoms with Crippen molar-refractivity contribution in [1.29, 1.82) is 0 Å². The van der Waals surface area contributed by atoms with Gasteiger partial charge in [0.2, 0.25) is 0 Å². The lowest BCUT2D eigenvalue weighted by molar-refractivity contribution is 0.472. The largest absolute Gasteiger partial charge is 0.388 e. The molecular formula is C12H18N4S2. The number of nitrogens with two attached hydrogens (primary N) is 1. The summed E-state index contributed by atoms with van der Waals surface area (Å²) in [6, 6.07) is 0.512. The van der Waals surface area contributed by atoms with E-state index in [4.69, 9.17) is 18.0 Å². The quantitative estimate of drug-likeness (QED) is 0.826. The van der Waals surface area contributed by atoms with E-state index in [0.717, 1.165) is 11.1 Å². The molecule has 3 N–H and O–H groups in total. The van der Waals surface area contributed by atoms with Gasteiger partial charge in [0.25, 0.3) is 0 Å². The molecule has 0 atom stereocenters. The van der Waals surface area contributed by atoms with Crippen LogP contribution in [0.4, 0.5) is 5.82 Å². The molecule has 0 unspecified atom stereocenters. The third-order valence-electron chi connectivity index (χ3n) is 3.26. The van der Waals surface area contributed by atoms with E-state index in [2.05, 4.69) is 21.5 Å². The normalized spacial score (nSPS) is 23.6. The van der Waals surface area contributed by atoms with Crippen LogP contribution in [-0.4, -0.2) is 32.5 Å². The molecule has 1 aliphatic rings. The molecule has 1 aromatic heterocycles. The third kappa shape index (κ3) is 3.55. The van der Waals surface area contributed by atoms with E-state index in [1.807, 2.05) is 11.8 Å². The summed E-state index contributed by atoms with van der Waals surface area (Å²) in [5, 5.41) is 4.25. The van der Waals surface area contributed by atoms with Crippen molar-refractivity contribution in [1.82, 2.24) is 9.97 Å². The monoisotopic (exact) mass is 282 g/mol. The minimum absolute atomic E-state index is 0.287. The molecule has 1 aliphatic carbocycles. The number of rotatable bonds is 4. The van der Waals surface area contributed by atoms with Crippen LogP contribution in [0.15, 0.2) is 12.4 Å². The molecule has 6 heteroatoms. The fraction of sp³-hybridized carbons (Fsp3) is 0.583. The average molecular weight is 282 g/mol. The Bertz CT molecular complexity index is 399. The van der Waals surface area contributed by atoms with Crippen LogP contribution in [0.3, 0.4) is 0 Å². The van der Waals surface area contributed by atoms with Gasteiger partial charge in [0.05, 0.1) is 12.4 Å². The summed E-state index contributed by atoms with van der Waals surface area (Å²) < 4.78 is 0. The molecule has 0 aliphatic heterocycles. The van der Waals surface area contributed by atoms with Crippen LogP contribution in [0.1, 0.15) is 31.4 Å². The van der Waals surface area contributed by atoms with Crippen molar-refractivity contribution in [2.24, 2.45) is 5.73 Å². The van der Waals surface area contributed by atoms with Gasteiger partial charge in [-0.2, -0.15) is 11.8 Å². The third-order valence-corrected chi connectivity index (χ3v) is 4.61. The van der Waals surface area contributed by atoms with Crippen molar-refractivity contribution in [2.45, 2.75) is 37.0 Å². The van der Waals surface area contributed by atoms with E-state index in [1.54, 1.807) is 12.4 Å². The van der Waals surface area contributed by atoms with Crippen molar-refractivity contribution in [3.05, 3.63) is 18.1 Å². The van der Waals surface area contributed by atoms with E-state index < -0.39 is 0 Å². The minimum Gasteiger partial charge on any atom is -0.388 e. The van der Waals surface area contributed by atoms with E-state index in [0.29, 0.717) is 11.7 Å². The maximum Gasteiger partial charge on any atom is 0.144 e. The summed E-state index contributed by atoms with van der Waals surface area (Å²) >= 11 is 6.82. The molecule has 18 heavy (non-hydrogen) atoms. The molecule has 2 rings (SSSR count). The SMILES string of the molecule is CSC1CCC(Nc2cnc(C(N)=S)cn2)CC1. The van der Waals surface area contributed by atoms with Crippen LogP contribution in [-0.2, 0) is 0 Å². The molecule has 0 spiro atoms. The smallest absolute Gasteiger partial charge is 0.144 e. The summed E-state index contributed by atoms with van der Waals surface area (Å²) in [5.74, 6) is 0.808. The fourth-order valence-electron chi connectivity index (χ4n) is 2.18. The van der Waals surface area contributed by atoms with Crippen LogP contribution in [0, 0.1) is 0 Å². The maximum atomic E-state index is 5.48. The lowest BCUT2D eigenvalue weighted by atomic mass is 9.95. The summed E-state index contributed by atoms with van der Waals surface area (Å²) in [5.41, 5.74) is 6.06. The van der Waals surface area contributed by atoms with Crippen LogP contribution >= 0.6 is 24.0 Å². The fourth-order valence-corrected chi connectivity index (χ4v) is 3.03. The summed E-state index contributed by atoms with van der Waals surface area (Å²) in [6.07, 6.45) is 10.5. The van der Waals surface area contributed by atoms with Crippen LogP contribution in [0.25, 0.3) is 0 Å². The van der Waals surface area contributed by atoms with Gasteiger partial charge < -0.3 is 11.1 Å². The molecule has 0 bridgehead atoms.